The number of hydrogen-bond acceptors (Lipinski definition) is 2. The SMILES string of the molecule is CN1Cc2cc(C(C)(C)C)ccc2Oc2ccccc21. The molecule has 1 aliphatic heterocycles. The standard InChI is InChI=1S/C18H21NO/c1-18(2,3)14-9-10-16-13(11-14)12-19(4)15-7-5-6-8-17(15)20-16/h5-11H,12H2,1-4H3. The lowest BCUT2D eigenvalue weighted by atomic mass is 9.86. The largest absolute Gasteiger partial charge is 0.455 e. The van der Waals surface area contributed by atoms with Crippen molar-refractivity contribution in [3.63, 3.8) is 0 Å². The van der Waals surface area contributed by atoms with Gasteiger partial charge in [-0.1, -0.05) is 39.0 Å². The molecule has 2 aromatic carbocycles. The molecule has 0 atom stereocenters. The molecule has 0 spiro atoms. The molecule has 2 nitrogen and oxygen atoms in total. The van der Waals surface area contributed by atoms with Crippen LogP contribution < -0.4 is 9.64 Å². The van der Waals surface area contributed by atoms with Gasteiger partial charge in [-0.2, -0.15) is 0 Å². The van der Waals surface area contributed by atoms with Crippen molar-refractivity contribution in [3.05, 3.63) is 53.6 Å². The Morgan fingerprint density at radius 3 is 2.50 bits per heavy atom. The fraction of sp³-hybridized carbons (Fsp3) is 0.333. The summed E-state index contributed by atoms with van der Waals surface area (Å²) in [4.78, 5) is 2.24. The number of benzene rings is 2. The summed E-state index contributed by atoms with van der Waals surface area (Å²) < 4.78 is 6.10. The molecule has 0 N–H and O–H groups in total. The second kappa shape index (κ2) is 4.55. The molecule has 2 heteroatoms. The fourth-order valence-electron chi connectivity index (χ4n) is 2.59. The van der Waals surface area contributed by atoms with Gasteiger partial charge in [-0.05, 0) is 35.2 Å². The Morgan fingerprint density at radius 2 is 1.75 bits per heavy atom. The van der Waals surface area contributed by atoms with Crippen molar-refractivity contribution in [2.75, 3.05) is 11.9 Å². The van der Waals surface area contributed by atoms with Crippen molar-refractivity contribution in [2.24, 2.45) is 0 Å². The summed E-state index contributed by atoms with van der Waals surface area (Å²) in [7, 11) is 2.11. The zero-order chi connectivity index (χ0) is 14.3. The Kier molecular flexibility index (Phi) is 2.97. The summed E-state index contributed by atoms with van der Waals surface area (Å²) >= 11 is 0. The van der Waals surface area contributed by atoms with Crippen LogP contribution in [0.3, 0.4) is 0 Å². The first-order chi connectivity index (χ1) is 9.45. The van der Waals surface area contributed by atoms with Crippen LogP contribution in [0.5, 0.6) is 11.5 Å². The summed E-state index contributed by atoms with van der Waals surface area (Å²) in [5.74, 6) is 1.90. The highest BCUT2D eigenvalue weighted by atomic mass is 16.5. The molecule has 0 unspecified atom stereocenters. The molecular formula is C18H21NO. The zero-order valence-corrected chi connectivity index (χ0v) is 12.6. The number of ether oxygens (including phenoxy) is 1. The predicted molar refractivity (Wildman–Crippen MR) is 83.8 cm³/mol. The average Bonchev–Trinajstić information content (AvgIpc) is 2.53. The minimum atomic E-state index is 0.159. The number of rotatable bonds is 0. The highest BCUT2D eigenvalue weighted by Crippen LogP contribution is 2.39. The van der Waals surface area contributed by atoms with Gasteiger partial charge in [-0.25, -0.2) is 0 Å². The van der Waals surface area contributed by atoms with Crippen molar-refractivity contribution in [1.29, 1.82) is 0 Å². The van der Waals surface area contributed by atoms with Gasteiger partial charge in [-0.3, -0.25) is 0 Å². The van der Waals surface area contributed by atoms with Crippen molar-refractivity contribution in [1.82, 2.24) is 0 Å². The van der Waals surface area contributed by atoms with E-state index in [4.69, 9.17) is 4.74 Å². The Balaban J connectivity index is 2.07. The fourth-order valence-corrected chi connectivity index (χ4v) is 2.59. The third-order valence-electron chi connectivity index (χ3n) is 3.83. The molecular weight excluding hydrogens is 246 g/mol. The normalized spacial score (nSPS) is 14.1. The number of fused-ring (bicyclic) bond motifs is 2. The molecule has 0 radical (unpaired) electrons. The Bertz CT molecular complexity index is 640. The van der Waals surface area contributed by atoms with Gasteiger partial charge in [0.15, 0.2) is 5.75 Å². The van der Waals surface area contributed by atoms with Crippen LogP contribution in [-0.4, -0.2) is 7.05 Å². The molecule has 1 heterocycles. The molecule has 0 saturated heterocycles. The Morgan fingerprint density at radius 1 is 1.00 bits per heavy atom. The average molecular weight is 267 g/mol. The molecule has 0 fully saturated rings. The summed E-state index contributed by atoms with van der Waals surface area (Å²) in [5, 5.41) is 0. The molecule has 0 aliphatic carbocycles. The molecule has 104 valence electrons. The van der Waals surface area contributed by atoms with Crippen LogP contribution in [0.1, 0.15) is 31.9 Å². The maximum atomic E-state index is 6.10. The van der Waals surface area contributed by atoms with Gasteiger partial charge in [0, 0.05) is 19.2 Å². The van der Waals surface area contributed by atoms with Crippen LogP contribution in [0, 0.1) is 0 Å². The molecule has 3 rings (SSSR count). The number of para-hydroxylation sites is 2. The summed E-state index contributed by atoms with van der Waals surface area (Å²) in [6.07, 6.45) is 0. The lowest BCUT2D eigenvalue weighted by Crippen LogP contribution is -2.16. The van der Waals surface area contributed by atoms with E-state index in [1.807, 2.05) is 12.1 Å². The summed E-state index contributed by atoms with van der Waals surface area (Å²) in [5.41, 5.74) is 3.89. The second-order valence-corrected chi connectivity index (χ2v) is 6.50. The van der Waals surface area contributed by atoms with E-state index in [2.05, 4.69) is 63.1 Å². The highest BCUT2D eigenvalue weighted by molar-refractivity contribution is 5.62. The monoisotopic (exact) mass is 267 g/mol. The first-order valence-corrected chi connectivity index (χ1v) is 7.06. The van der Waals surface area contributed by atoms with Crippen molar-refractivity contribution in [2.45, 2.75) is 32.7 Å². The second-order valence-electron chi connectivity index (χ2n) is 6.50. The third kappa shape index (κ3) is 2.26. The van der Waals surface area contributed by atoms with E-state index in [0.717, 1.165) is 23.7 Å². The van der Waals surface area contributed by atoms with Gasteiger partial charge >= 0.3 is 0 Å². The van der Waals surface area contributed by atoms with E-state index in [1.165, 1.54) is 11.1 Å². The highest BCUT2D eigenvalue weighted by Gasteiger charge is 2.21. The molecule has 20 heavy (non-hydrogen) atoms. The Hall–Kier alpha value is -1.96. The Labute approximate surface area is 121 Å². The number of nitrogens with zero attached hydrogens (tertiary/aromatic N) is 1. The zero-order valence-electron chi connectivity index (χ0n) is 12.6. The molecule has 0 amide bonds. The molecule has 2 aromatic rings. The van der Waals surface area contributed by atoms with Crippen molar-refractivity contribution >= 4 is 5.69 Å². The van der Waals surface area contributed by atoms with Crippen LogP contribution in [0.2, 0.25) is 0 Å². The van der Waals surface area contributed by atoms with Crippen LogP contribution in [0.25, 0.3) is 0 Å². The number of hydrogen-bond donors (Lipinski definition) is 0. The van der Waals surface area contributed by atoms with Gasteiger partial charge in [-0.15, -0.1) is 0 Å². The van der Waals surface area contributed by atoms with Gasteiger partial charge in [0.2, 0.25) is 0 Å². The topological polar surface area (TPSA) is 12.5 Å². The van der Waals surface area contributed by atoms with Gasteiger partial charge in [0.05, 0.1) is 5.69 Å². The van der Waals surface area contributed by atoms with Gasteiger partial charge < -0.3 is 9.64 Å². The molecule has 0 aromatic heterocycles. The third-order valence-corrected chi connectivity index (χ3v) is 3.83. The van der Waals surface area contributed by atoms with Crippen LogP contribution in [0.4, 0.5) is 5.69 Å². The summed E-state index contributed by atoms with van der Waals surface area (Å²) in [6.45, 7) is 7.59. The minimum absolute atomic E-state index is 0.159. The maximum absolute atomic E-state index is 6.10. The lowest BCUT2D eigenvalue weighted by Gasteiger charge is -2.21. The van der Waals surface area contributed by atoms with Crippen LogP contribution in [-0.2, 0) is 12.0 Å². The van der Waals surface area contributed by atoms with Crippen LogP contribution in [0.15, 0.2) is 42.5 Å². The predicted octanol–water partition coefficient (Wildman–Crippen LogP) is 4.73. The van der Waals surface area contributed by atoms with E-state index >= 15 is 0 Å². The molecule has 0 saturated carbocycles. The maximum Gasteiger partial charge on any atom is 0.150 e. The lowest BCUT2D eigenvalue weighted by molar-refractivity contribution is 0.482. The van der Waals surface area contributed by atoms with E-state index in [-0.39, 0.29) is 5.41 Å². The van der Waals surface area contributed by atoms with Gasteiger partial charge in [0.1, 0.15) is 5.75 Å². The van der Waals surface area contributed by atoms with Crippen molar-refractivity contribution < 1.29 is 4.74 Å². The van der Waals surface area contributed by atoms with Crippen LogP contribution >= 0.6 is 0 Å². The van der Waals surface area contributed by atoms with Gasteiger partial charge in [0.25, 0.3) is 0 Å². The van der Waals surface area contributed by atoms with Crippen molar-refractivity contribution in [3.8, 4) is 11.5 Å². The first kappa shape index (κ1) is 13.0. The number of anilines is 1. The smallest absolute Gasteiger partial charge is 0.150 e. The first-order valence-electron chi connectivity index (χ1n) is 7.06. The van der Waals surface area contributed by atoms with E-state index in [0.29, 0.717) is 0 Å². The van der Waals surface area contributed by atoms with E-state index < -0.39 is 0 Å². The minimum Gasteiger partial charge on any atom is -0.455 e. The van der Waals surface area contributed by atoms with E-state index in [1.54, 1.807) is 0 Å². The quantitative estimate of drug-likeness (QED) is 0.684. The summed E-state index contributed by atoms with van der Waals surface area (Å²) in [6, 6.07) is 14.7. The molecule has 1 aliphatic rings. The van der Waals surface area contributed by atoms with E-state index in [9.17, 15) is 0 Å². The molecule has 0 bridgehead atoms.